The van der Waals surface area contributed by atoms with Crippen LogP contribution in [0.3, 0.4) is 0 Å². The Morgan fingerprint density at radius 1 is 0.976 bits per heavy atom. The first-order chi connectivity index (χ1) is 19.4. The maximum atomic E-state index is 12.7. The summed E-state index contributed by atoms with van der Waals surface area (Å²) >= 11 is 0. The van der Waals surface area contributed by atoms with Gasteiger partial charge in [-0.3, -0.25) is 13.6 Å². The van der Waals surface area contributed by atoms with Gasteiger partial charge in [0.25, 0.3) is 0 Å². The summed E-state index contributed by atoms with van der Waals surface area (Å²) in [6.07, 6.45) is 15.4. The van der Waals surface area contributed by atoms with E-state index in [4.69, 9.17) is 18.0 Å². The minimum Gasteiger partial charge on any atom is -0.414 e. The lowest BCUT2D eigenvalue weighted by molar-refractivity contribution is -0.0572. The lowest BCUT2D eigenvalue weighted by atomic mass is 9.47. The Morgan fingerprint density at radius 2 is 1.64 bits per heavy atom. The fourth-order valence-corrected chi connectivity index (χ4v) is 12.1. The van der Waals surface area contributed by atoms with Crippen molar-refractivity contribution in [3.05, 3.63) is 11.6 Å². The third-order valence-corrected chi connectivity index (χ3v) is 19.4. The Morgan fingerprint density at radius 3 is 2.24 bits per heavy atom. The van der Waals surface area contributed by atoms with Crippen molar-refractivity contribution in [1.29, 1.82) is 0 Å². The molecule has 0 N–H and O–H groups in total. The summed E-state index contributed by atoms with van der Waals surface area (Å²) in [5.74, 6) is 4.12. The Balaban J connectivity index is 1.42. The quantitative estimate of drug-likeness (QED) is 0.130. The Bertz CT molecular complexity index is 1010. The SMILES string of the molecule is COP(=O)(OC)OC(CC[C@@H](C)[C@H]1CC[C@H]2[C@@H]3CC=C4CC(O[Si](C)(C)C(C)(C)C)CC[C@]4(C)[C@H]3CC[C@]12C)C(C)C. The molecule has 244 valence electrons. The van der Waals surface area contributed by atoms with E-state index in [1.165, 1.54) is 59.2 Å². The van der Waals surface area contributed by atoms with E-state index in [9.17, 15) is 4.57 Å². The standard InChI is InChI=1S/C35H65O5PSi/c1-24(2)32(39-41(36,37-9)38-10)18-13-25(3)29-16-17-30-28-15-14-26-23-27(40-42(11,12)33(4,5)6)19-21-34(26,7)31(28)20-22-35(29,30)8/h14,24-25,27-32H,13,15-23H2,1-12H3/t25-,27?,28+,29-,30+,31+,32?,34+,35-/m1/s1. The van der Waals surface area contributed by atoms with Gasteiger partial charge in [-0.1, -0.05) is 67.0 Å². The predicted molar refractivity (Wildman–Crippen MR) is 177 cm³/mol. The summed E-state index contributed by atoms with van der Waals surface area (Å²) in [5, 5.41) is 0.266. The van der Waals surface area contributed by atoms with E-state index in [0.717, 1.165) is 42.9 Å². The van der Waals surface area contributed by atoms with Crippen molar-refractivity contribution in [3.8, 4) is 0 Å². The van der Waals surface area contributed by atoms with Crippen LogP contribution in [0.5, 0.6) is 0 Å². The average molecular weight is 625 g/mol. The van der Waals surface area contributed by atoms with Gasteiger partial charge in [-0.25, -0.2) is 4.57 Å². The van der Waals surface area contributed by atoms with Crippen molar-refractivity contribution in [1.82, 2.24) is 0 Å². The molecular formula is C35H65O5PSi. The van der Waals surface area contributed by atoms with E-state index in [1.807, 2.05) is 0 Å². The monoisotopic (exact) mass is 624 g/mol. The molecule has 7 heteroatoms. The first-order valence-electron chi connectivity index (χ1n) is 17.2. The molecule has 0 radical (unpaired) electrons. The Hall–Kier alpha value is 0.0269. The van der Waals surface area contributed by atoms with Crippen LogP contribution in [0.4, 0.5) is 0 Å². The molecule has 3 fully saturated rings. The lowest BCUT2D eigenvalue weighted by Crippen LogP contribution is -2.52. The Labute approximate surface area is 260 Å². The first kappa shape index (κ1) is 34.9. The minimum absolute atomic E-state index is 0.128. The summed E-state index contributed by atoms with van der Waals surface area (Å²) < 4.78 is 35.8. The molecular weight excluding hydrogens is 559 g/mol. The number of allylic oxidation sites excluding steroid dienone is 1. The van der Waals surface area contributed by atoms with Crippen LogP contribution in [0.2, 0.25) is 18.1 Å². The maximum Gasteiger partial charge on any atom is 0.474 e. The molecule has 4 aliphatic carbocycles. The van der Waals surface area contributed by atoms with Crippen LogP contribution < -0.4 is 0 Å². The van der Waals surface area contributed by atoms with Gasteiger partial charge in [0, 0.05) is 20.3 Å². The molecule has 4 aliphatic rings. The number of rotatable bonds is 11. The molecule has 0 amide bonds. The van der Waals surface area contributed by atoms with Crippen LogP contribution in [-0.4, -0.2) is 34.7 Å². The zero-order valence-electron chi connectivity index (χ0n) is 29.3. The molecule has 2 unspecified atom stereocenters. The molecule has 0 bridgehead atoms. The average Bonchev–Trinajstić information content (AvgIpc) is 3.27. The van der Waals surface area contributed by atoms with Gasteiger partial charge >= 0.3 is 7.82 Å². The predicted octanol–water partition coefficient (Wildman–Crippen LogP) is 10.8. The van der Waals surface area contributed by atoms with E-state index in [1.54, 1.807) is 5.57 Å². The van der Waals surface area contributed by atoms with Gasteiger partial charge in [-0.15, -0.1) is 0 Å². The fraction of sp³-hybridized carbons (Fsp3) is 0.943. The molecule has 0 aromatic heterocycles. The van der Waals surface area contributed by atoms with Crippen molar-refractivity contribution in [2.45, 2.75) is 150 Å². The van der Waals surface area contributed by atoms with Crippen LogP contribution in [0.15, 0.2) is 11.6 Å². The first-order valence-corrected chi connectivity index (χ1v) is 21.5. The van der Waals surface area contributed by atoms with Gasteiger partial charge in [0.15, 0.2) is 8.32 Å². The second kappa shape index (κ2) is 12.7. The van der Waals surface area contributed by atoms with E-state index in [2.05, 4.69) is 74.6 Å². The second-order valence-electron chi connectivity index (χ2n) is 17.0. The zero-order chi connectivity index (χ0) is 31.3. The molecule has 5 nitrogen and oxygen atoms in total. The number of hydrogen-bond donors (Lipinski definition) is 0. The summed E-state index contributed by atoms with van der Waals surface area (Å²) in [5.41, 5.74) is 2.52. The molecule has 0 heterocycles. The highest BCUT2D eigenvalue weighted by atomic mass is 31.2. The summed E-state index contributed by atoms with van der Waals surface area (Å²) in [4.78, 5) is 0. The number of phosphoric ester groups is 1. The molecule has 0 spiro atoms. The lowest BCUT2D eigenvalue weighted by Gasteiger charge is -2.59. The topological polar surface area (TPSA) is 54.0 Å². The maximum absolute atomic E-state index is 12.7. The molecule has 4 rings (SSSR count). The van der Waals surface area contributed by atoms with Crippen LogP contribution in [-0.2, 0) is 22.6 Å². The summed E-state index contributed by atoms with van der Waals surface area (Å²) in [7, 11) is -2.43. The molecule has 42 heavy (non-hydrogen) atoms. The largest absolute Gasteiger partial charge is 0.474 e. The van der Waals surface area contributed by atoms with Crippen molar-refractivity contribution >= 4 is 16.1 Å². The third kappa shape index (κ3) is 6.61. The minimum atomic E-state index is -3.48. The highest BCUT2D eigenvalue weighted by Gasteiger charge is 2.59. The molecule has 0 saturated heterocycles. The normalized spacial score (nSPS) is 37.1. The molecule has 3 saturated carbocycles. The summed E-state index contributed by atoms with van der Waals surface area (Å²) in [6, 6.07) is 0. The van der Waals surface area contributed by atoms with Crippen LogP contribution in [0.1, 0.15) is 120 Å². The van der Waals surface area contributed by atoms with Crippen LogP contribution in [0.25, 0.3) is 0 Å². The van der Waals surface area contributed by atoms with Crippen molar-refractivity contribution in [2.24, 2.45) is 46.3 Å². The number of hydrogen-bond acceptors (Lipinski definition) is 5. The number of phosphoric acid groups is 1. The van der Waals surface area contributed by atoms with Gasteiger partial charge in [0.2, 0.25) is 0 Å². The van der Waals surface area contributed by atoms with Crippen LogP contribution in [0, 0.1) is 46.3 Å². The molecule has 0 aromatic carbocycles. The second-order valence-corrected chi connectivity index (χ2v) is 23.6. The third-order valence-electron chi connectivity index (χ3n) is 13.4. The van der Waals surface area contributed by atoms with Gasteiger partial charge in [-0.2, -0.15) is 0 Å². The molecule has 0 aliphatic heterocycles. The zero-order valence-corrected chi connectivity index (χ0v) is 31.2. The Kier molecular flexibility index (Phi) is 10.5. The van der Waals surface area contributed by atoms with Gasteiger partial charge in [-0.05, 0) is 129 Å². The summed E-state index contributed by atoms with van der Waals surface area (Å²) in [6.45, 7) is 23.9. The molecule has 0 aromatic rings. The highest BCUT2D eigenvalue weighted by Crippen LogP contribution is 2.67. The highest BCUT2D eigenvalue weighted by molar-refractivity contribution is 7.48. The van der Waals surface area contributed by atoms with E-state index < -0.39 is 16.1 Å². The smallest absolute Gasteiger partial charge is 0.414 e. The molecule has 9 atom stereocenters. The van der Waals surface area contributed by atoms with Crippen molar-refractivity contribution < 1.29 is 22.6 Å². The fourth-order valence-electron chi connectivity index (χ4n) is 9.76. The van der Waals surface area contributed by atoms with Gasteiger partial charge in [0.1, 0.15) is 0 Å². The number of fused-ring (bicyclic) bond motifs is 5. The van der Waals surface area contributed by atoms with Gasteiger partial charge in [0.05, 0.1) is 6.10 Å². The van der Waals surface area contributed by atoms with E-state index >= 15 is 0 Å². The van der Waals surface area contributed by atoms with E-state index in [0.29, 0.717) is 22.9 Å². The van der Waals surface area contributed by atoms with E-state index in [-0.39, 0.29) is 17.1 Å². The van der Waals surface area contributed by atoms with Gasteiger partial charge < -0.3 is 4.43 Å². The van der Waals surface area contributed by atoms with Crippen molar-refractivity contribution in [3.63, 3.8) is 0 Å². The van der Waals surface area contributed by atoms with Crippen LogP contribution >= 0.6 is 7.82 Å². The van der Waals surface area contributed by atoms with Crippen molar-refractivity contribution in [2.75, 3.05) is 14.2 Å².